The van der Waals surface area contributed by atoms with E-state index >= 15 is 0 Å². The van der Waals surface area contributed by atoms with E-state index in [0.29, 0.717) is 0 Å². The van der Waals surface area contributed by atoms with Crippen molar-refractivity contribution in [2.24, 2.45) is 17.8 Å². The number of rotatable bonds is 5. The molecule has 2 nitrogen and oxygen atoms in total. The minimum absolute atomic E-state index is 0.816. The van der Waals surface area contributed by atoms with Gasteiger partial charge in [-0.1, -0.05) is 6.42 Å². The van der Waals surface area contributed by atoms with E-state index in [1.165, 1.54) is 50.8 Å². The first-order chi connectivity index (χ1) is 8.88. The lowest BCUT2D eigenvalue weighted by atomic mass is 9.89. The van der Waals surface area contributed by atoms with Gasteiger partial charge in [-0.2, -0.15) is 0 Å². The molecule has 2 bridgehead atoms. The van der Waals surface area contributed by atoms with Crippen molar-refractivity contribution in [1.82, 2.24) is 9.88 Å². The smallest absolute Gasteiger partial charge is 0.0361 e. The van der Waals surface area contributed by atoms with Gasteiger partial charge in [0.15, 0.2) is 0 Å². The molecule has 0 radical (unpaired) electrons. The van der Waals surface area contributed by atoms with Crippen LogP contribution in [-0.2, 0) is 13.1 Å². The van der Waals surface area contributed by atoms with Gasteiger partial charge in [-0.05, 0) is 62.0 Å². The molecule has 0 spiro atoms. The summed E-state index contributed by atoms with van der Waals surface area (Å²) in [4.78, 5) is 0. The predicted octanol–water partition coefficient (Wildman–Crippen LogP) is 3.18. The molecule has 0 amide bonds. The van der Waals surface area contributed by atoms with Crippen molar-refractivity contribution < 1.29 is 0 Å². The van der Waals surface area contributed by atoms with Gasteiger partial charge in [0.25, 0.3) is 0 Å². The van der Waals surface area contributed by atoms with Crippen molar-refractivity contribution in [3.8, 4) is 0 Å². The van der Waals surface area contributed by atoms with E-state index in [0.717, 1.165) is 30.3 Å². The van der Waals surface area contributed by atoms with E-state index in [2.05, 4.69) is 28.2 Å². The Morgan fingerprint density at radius 1 is 1.17 bits per heavy atom. The van der Waals surface area contributed by atoms with Crippen molar-refractivity contribution in [1.29, 1.82) is 0 Å². The highest BCUT2D eigenvalue weighted by atomic mass is 15.0. The van der Waals surface area contributed by atoms with Gasteiger partial charge < -0.3 is 9.88 Å². The summed E-state index contributed by atoms with van der Waals surface area (Å²) in [7, 11) is 0. The molecule has 0 aliphatic heterocycles. The molecule has 1 aromatic rings. The number of nitrogens with one attached hydrogen (secondary N) is 1. The molecule has 1 heterocycles. The van der Waals surface area contributed by atoms with E-state index in [4.69, 9.17) is 0 Å². The van der Waals surface area contributed by atoms with Crippen LogP contribution in [0, 0.1) is 17.8 Å². The molecule has 3 fully saturated rings. The SMILES string of the molecule is c1cc(CNC2CC2)n(CC2CC3CCC2C3)c1. The van der Waals surface area contributed by atoms with Crippen LogP contribution in [0.15, 0.2) is 18.3 Å². The molecule has 1 N–H and O–H groups in total. The second-order valence-electron chi connectivity index (χ2n) is 6.74. The zero-order valence-corrected chi connectivity index (χ0v) is 11.1. The summed E-state index contributed by atoms with van der Waals surface area (Å²) in [6.45, 7) is 2.34. The number of nitrogens with zero attached hydrogens (tertiary/aromatic N) is 1. The van der Waals surface area contributed by atoms with Gasteiger partial charge in [0.05, 0.1) is 0 Å². The maximum atomic E-state index is 3.64. The van der Waals surface area contributed by atoms with Gasteiger partial charge in [0, 0.05) is 31.0 Å². The molecular formula is C16H24N2. The summed E-state index contributed by atoms with van der Waals surface area (Å²) in [5.41, 5.74) is 1.49. The fraction of sp³-hybridized carbons (Fsp3) is 0.750. The van der Waals surface area contributed by atoms with Crippen molar-refractivity contribution in [2.45, 2.75) is 57.7 Å². The first kappa shape index (κ1) is 11.1. The summed E-state index contributed by atoms with van der Waals surface area (Å²) in [6.07, 6.45) is 11.1. The third-order valence-corrected chi connectivity index (χ3v) is 5.39. The topological polar surface area (TPSA) is 17.0 Å². The van der Waals surface area contributed by atoms with Crippen LogP contribution in [0.5, 0.6) is 0 Å². The Morgan fingerprint density at radius 3 is 2.83 bits per heavy atom. The highest BCUT2D eigenvalue weighted by molar-refractivity contribution is 5.08. The van der Waals surface area contributed by atoms with Crippen molar-refractivity contribution in [2.75, 3.05) is 0 Å². The number of aromatic nitrogens is 1. The molecule has 4 rings (SSSR count). The first-order valence-corrected chi connectivity index (χ1v) is 7.76. The molecule has 3 aliphatic rings. The minimum atomic E-state index is 0.816. The normalized spacial score (nSPS) is 34.3. The Morgan fingerprint density at radius 2 is 2.11 bits per heavy atom. The Bertz CT molecular complexity index is 418. The third kappa shape index (κ3) is 2.11. The fourth-order valence-corrected chi connectivity index (χ4v) is 4.18. The summed E-state index contributed by atoms with van der Waals surface area (Å²) >= 11 is 0. The fourth-order valence-electron chi connectivity index (χ4n) is 4.18. The molecule has 0 aromatic carbocycles. The van der Waals surface area contributed by atoms with E-state index in [1.807, 2.05) is 0 Å². The van der Waals surface area contributed by atoms with E-state index < -0.39 is 0 Å². The lowest BCUT2D eigenvalue weighted by Crippen LogP contribution is -2.21. The van der Waals surface area contributed by atoms with E-state index in [9.17, 15) is 0 Å². The van der Waals surface area contributed by atoms with Gasteiger partial charge >= 0.3 is 0 Å². The molecule has 18 heavy (non-hydrogen) atoms. The Balaban J connectivity index is 1.39. The summed E-state index contributed by atoms with van der Waals surface area (Å²) in [5.74, 6) is 3.08. The zero-order valence-electron chi connectivity index (χ0n) is 11.1. The number of fused-ring (bicyclic) bond motifs is 2. The second kappa shape index (κ2) is 4.41. The molecule has 98 valence electrons. The van der Waals surface area contributed by atoms with Gasteiger partial charge in [-0.3, -0.25) is 0 Å². The molecule has 0 saturated heterocycles. The first-order valence-electron chi connectivity index (χ1n) is 7.76. The Labute approximate surface area is 110 Å². The van der Waals surface area contributed by atoms with Gasteiger partial charge in [0.2, 0.25) is 0 Å². The van der Waals surface area contributed by atoms with Crippen LogP contribution in [0.4, 0.5) is 0 Å². The number of hydrogen-bond acceptors (Lipinski definition) is 1. The van der Waals surface area contributed by atoms with Crippen LogP contribution >= 0.6 is 0 Å². The Hall–Kier alpha value is -0.760. The maximum absolute atomic E-state index is 3.64. The van der Waals surface area contributed by atoms with Gasteiger partial charge in [-0.25, -0.2) is 0 Å². The third-order valence-electron chi connectivity index (χ3n) is 5.39. The highest BCUT2D eigenvalue weighted by Gasteiger charge is 2.39. The van der Waals surface area contributed by atoms with Crippen LogP contribution in [0.25, 0.3) is 0 Å². The molecule has 3 unspecified atom stereocenters. The van der Waals surface area contributed by atoms with Crippen molar-refractivity contribution >= 4 is 0 Å². The highest BCUT2D eigenvalue weighted by Crippen LogP contribution is 2.48. The van der Waals surface area contributed by atoms with Crippen LogP contribution in [0.3, 0.4) is 0 Å². The monoisotopic (exact) mass is 244 g/mol. The van der Waals surface area contributed by atoms with Crippen LogP contribution in [0.2, 0.25) is 0 Å². The lowest BCUT2D eigenvalue weighted by Gasteiger charge is -2.23. The summed E-state index contributed by atoms with van der Waals surface area (Å²) < 4.78 is 2.51. The van der Waals surface area contributed by atoms with E-state index in [1.54, 1.807) is 0 Å². The summed E-state index contributed by atoms with van der Waals surface area (Å²) in [6, 6.07) is 5.33. The second-order valence-corrected chi connectivity index (χ2v) is 6.74. The minimum Gasteiger partial charge on any atom is -0.350 e. The Kier molecular flexibility index (Phi) is 2.72. The average Bonchev–Trinajstić information content (AvgIpc) is 2.79. The largest absolute Gasteiger partial charge is 0.350 e. The zero-order chi connectivity index (χ0) is 11.9. The molecule has 3 aliphatic carbocycles. The van der Waals surface area contributed by atoms with Gasteiger partial charge in [0.1, 0.15) is 0 Å². The van der Waals surface area contributed by atoms with Crippen LogP contribution in [-0.4, -0.2) is 10.6 Å². The van der Waals surface area contributed by atoms with Crippen molar-refractivity contribution in [3.05, 3.63) is 24.0 Å². The molecular weight excluding hydrogens is 220 g/mol. The van der Waals surface area contributed by atoms with Crippen LogP contribution in [0.1, 0.15) is 44.2 Å². The standard InChI is InChI=1S/C16H24N2/c1-2-16(10-17-15-5-6-15)18(7-1)11-14-9-12-3-4-13(14)8-12/h1-2,7,12-15,17H,3-6,8-11H2. The molecule has 3 atom stereocenters. The maximum Gasteiger partial charge on any atom is 0.0361 e. The molecule has 1 aromatic heterocycles. The van der Waals surface area contributed by atoms with E-state index in [-0.39, 0.29) is 0 Å². The van der Waals surface area contributed by atoms with Crippen LogP contribution < -0.4 is 5.32 Å². The van der Waals surface area contributed by atoms with Crippen molar-refractivity contribution in [3.63, 3.8) is 0 Å². The summed E-state index contributed by atoms with van der Waals surface area (Å²) in [5, 5.41) is 3.64. The lowest BCUT2D eigenvalue weighted by molar-refractivity contribution is 0.293. The molecule has 2 heteroatoms. The predicted molar refractivity (Wildman–Crippen MR) is 73.2 cm³/mol. The average molecular weight is 244 g/mol. The number of hydrogen-bond donors (Lipinski definition) is 1. The van der Waals surface area contributed by atoms with Gasteiger partial charge in [-0.15, -0.1) is 0 Å². The quantitative estimate of drug-likeness (QED) is 0.842. The molecule has 3 saturated carbocycles.